The number of hydrogen-bond acceptors (Lipinski definition) is 5. The summed E-state index contributed by atoms with van der Waals surface area (Å²) in [6.07, 6.45) is 4.24. The average molecular weight is 496 g/mol. The van der Waals surface area contributed by atoms with Crippen molar-refractivity contribution in [1.29, 1.82) is 0 Å². The minimum atomic E-state index is -3.68. The number of aliphatic hydroxyl groups excluding tert-OH is 1. The molecule has 0 aromatic heterocycles. The molecule has 184 valence electrons. The second-order valence-corrected chi connectivity index (χ2v) is 9.65. The van der Waals surface area contributed by atoms with Crippen molar-refractivity contribution in [3.63, 3.8) is 0 Å². The summed E-state index contributed by atoms with van der Waals surface area (Å²) in [5.74, 6) is -0.192. The quantitative estimate of drug-likeness (QED) is 0.295. The molecule has 3 aromatic rings. The smallest absolute Gasteiger partial charge is 0.303 e. The molecule has 0 spiro atoms. The fraction of sp³-hybridized carbons (Fsp3) is 0.222. The van der Waals surface area contributed by atoms with Gasteiger partial charge in [-0.05, 0) is 60.7 Å². The number of carboxylic acids is 1. The summed E-state index contributed by atoms with van der Waals surface area (Å²) in [7, 11) is -3.68. The first-order valence-corrected chi connectivity index (χ1v) is 12.8. The molecular formula is C27H29NO6S. The number of ether oxygens (including phenoxy) is 1. The van der Waals surface area contributed by atoms with E-state index in [1.807, 2.05) is 30.3 Å². The third kappa shape index (κ3) is 8.59. The lowest BCUT2D eigenvalue weighted by molar-refractivity contribution is -0.136. The molecule has 3 rings (SSSR count). The number of nitrogens with one attached hydrogen (secondary N) is 1. The number of carboxylic acid groups (broad SMARTS) is 1. The van der Waals surface area contributed by atoms with Crippen LogP contribution in [-0.4, -0.2) is 37.3 Å². The Labute approximate surface area is 205 Å². The van der Waals surface area contributed by atoms with Gasteiger partial charge < -0.3 is 14.9 Å². The maximum absolute atomic E-state index is 12.5. The molecule has 35 heavy (non-hydrogen) atoms. The third-order valence-electron chi connectivity index (χ3n) is 5.19. The second kappa shape index (κ2) is 12.7. The van der Waals surface area contributed by atoms with E-state index in [9.17, 15) is 18.3 Å². The molecule has 8 heteroatoms. The zero-order valence-corrected chi connectivity index (χ0v) is 20.0. The van der Waals surface area contributed by atoms with Crippen LogP contribution in [0.1, 0.15) is 30.4 Å². The SMILES string of the molecule is O=C(O)CCc1ccccc1OCCC[C@H](O)/C=C/c1cccc(NS(=O)(=O)c2ccccc2)c1. The Morgan fingerprint density at radius 1 is 1.00 bits per heavy atom. The number of aliphatic hydroxyl groups is 1. The molecule has 3 aromatic carbocycles. The van der Waals surface area contributed by atoms with Crippen LogP contribution in [0.3, 0.4) is 0 Å². The van der Waals surface area contributed by atoms with Crippen molar-refractivity contribution in [3.8, 4) is 5.75 Å². The van der Waals surface area contributed by atoms with E-state index in [-0.39, 0.29) is 11.3 Å². The lowest BCUT2D eigenvalue weighted by Crippen LogP contribution is -2.12. The van der Waals surface area contributed by atoms with Crippen LogP contribution in [0, 0.1) is 0 Å². The maximum atomic E-state index is 12.5. The minimum absolute atomic E-state index is 0.0405. The normalized spacial score (nSPS) is 12.4. The molecule has 0 saturated carbocycles. The second-order valence-electron chi connectivity index (χ2n) is 7.96. The van der Waals surface area contributed by atoms with Crippen LogP contribution >= 0.6 is 0 Å². The molecule has 0 bridgehead atoms. The average Bonchev–Trinajstić information content (AvgIpc) is 2.85. The van der Waals surface area contributed by atoms with Crippen LogP contribution in [0.5, 0.6) is 5.75 Å². The Bertz CT molecular complexity index is 1240. The number of rotatable bonds is 13. The number of para-hydroxylation sites is 1. The van der Waals surface area contributed by atoms with E-state index in [4.69, 9.17) is 9.84 Å². The van der Waals surface area contributed by atoms with E-state index in [0.29, 0.717) is 37.3 Å². The number of aryl methyl sites for hydroxylation is 1. The highest BCUT2D eigenvalue weighted by Crippen LogP contribution is 2.21. The number of carbonyl (C=O) groups is 1. The first-order chi connectivity index (χ1) is 16.8. The van der Waals surface area contributed by atoms with E-state index in [1.165, 1.54) is 12.1 Å². The fourth-order valence-corrected chi connectivity index (χ4v) is 4.48. The van der Waals surface area contributed by atoms with Gasteiger partial charge in [-0.15, -0.1) is 0 Å². The Balaban J connectivity index is 1.48. The monoisotopic (exact) mass is 495 g/mol. The number of sulfonamides is 1. The van der Waals surface area contributed by atoms with E-state index >= 15 is 0 Å². The van der Waals surface area contributed by atoms with Gasteiger partial charge in [0.2, 0.25) is 0 Å². The number of anilines is 1. The Kier molecular flexibility index (Phi) is 9.46. The zero-order valence-electron chi connectivity index (χ0n) is 19.2. The first-order valence-electron chi connectivity index (χ1n) is 11.3. The molecule has 0 aliphatic carbocycles. The first kappa shape index (κ1) is 26.0. The largest absolute Gasteiger partial charge is 0.493 e. The molecule has 0 heterocycles. The van der Waals surface area contributed by atoms with Crippen molar-refractivity contribution >= 4 is 27.8 Å². The molecular weight excluding hydrogens is 466 g/mol. The van der Waals surface area contributed by atoms with Crippen molar-refractivity contribution in [2.75, 3.05) is 11.3 Å². The third-order valence-corrected chi connectivity index (χ3v) is 6.58. The molecule has 0 aliphatic heterocycles. The van der Waals surface area contributed by atoms with Gasteiger partial charge in [-0.3, -0.25) is 9.52 Å². The van der Waals surface area contributed by atoms with Crippen molar-refractivity contribution in [3.05, 3.63) is 96.1 Å². The van der Waals surface area contributed by atoms with Crippen LogP contribution in [0.15, 0.2) is 89.8 Å². The highest BCUT2D eigenvalue weighted by molar-refractivity contribution is 7.92. The Morgan fingerprint density at radius 2 is 1.74 bits per heavy atom. The highest BCUT2D eigenvalue weighted by atomic mass is 32.2. The molecule has 0 unspecified atom stereocenters. The molecule has 0 amide bonds. The summed E-state index contributed by atoms with van der Waals surface area (Å²) >= 11 is 0. The molecule has 1 atom stereocenters. The van der Waals surface area contributed by atoms with Crippen LogP contribution in [0.4, 0.5) is 5.69 Å². The van der Waals surface area contributed by atoms with Gasteiger partial charge in [-0.1, -0.05) is 60.7 Å². The van der Waals surface area contributed by atoms with Crippen molar-refractivity contribution in [2.24, 2.45) is 0 Å². The summed E-state index contributed by atoms with van der Waals surface area (Å²) in [4.78, 5) is 11.0. The van der Waals surface area contributed by atoms with Crippen LogP contribution < -0.4 is 9.46 Å². The summed E-state index contributed by atoms with van der Waals surface area (Å²) in [6.45, 7) is 0.395. The fourth-order valence-electron chi connectivity index (χ4n) is 3.41. The van der Waals surface area contributed by atoms with Gasteiger partial charge in [0.25, 0.3) is 10.0 Å². The maximum Gasteiger partial charge on any atom is 0.303 e. The van der Waals surface area contributed by atoms with Crippen LogP contribution in [0.25, 0.3) is 6.08 Å². The zero-order chi connectivity index (χ0) is 25.1. The number of benzene rings is 3. The lowest BCUT2D eigenvalue weighted by Gasteiger charge is -2.12. The number of hydrogen-bond donors (Lipinski definition) is 3. The van der Waals surface area contributed by atoms with Gasteiger partial charge in [0.05, 0.1) is 17.6 Å². The minimum Gasteiger partial charge on any atom is -0.493 e. The molecule has 7 nitrogen and oxygen atoms in total. The molecule has 0 aliphatic rings. The molecule has 3 N–H and O–H groups in total. The van der Waals surface area contributed by atoms with Gasteiger partial charge >= 0.3 is 5.97 Å². The van der Waals surface area contributed by atoms with Crippen molar-refractivity contribution < 1.29 is 28.2 Å². The van der Waals surface area contributed by atoms with E-state index in [2.05, 4.69) is 4.72 Å². The summed E-state index contributed by atoms with van der Waals surface area (Å²) < 4.78 is 33.4. The van der Waals surface area contributed by atoms with Crippen molar-refractivity contribution in [1.82, 2.24) is 0 Å². The van der Waals surface area contributed by atoms with E-state index in [1.54, 1.807) is 48.6 Å². The van der Waals surface area contributed by atoms with Gasteiger partial charge in [-0.2, -0.15) is 0 Å². The van der Waals surface area contributed by atoms with Gasteiger partial charge in [0.15, 0.2) is 0 Å². The molecule has 0 fully saturated rings. The molecule has 0 radical (unpaired) electrons. The predicted molar refractivity (Wildman–Crippen MR) is 136 cm³/mol. The standard InChI is InChI=1S/C27H29NO6S/c29-24(11-7-19-34-26-14-5-4-9-22(26)16-18-27(30)31)17-15-21-8-6-10-23(20-21)28-35(32,33)25-12-2-1-3-13-25/h1-6,8-10,12-15,17,20,24,28-29H,7,11,16,18-19H2,(H,30,31)/b17-15+/t24-/m0/s1. The van der Waals surface area contributed by atoms with Gasteiger partial charge in [-0.25, -0.2) is 8.42 Å². The predicted octanol–water partition coefficient (Wildman–Crippen LogP) is 4.74. The van der Waals surface area contributed by atoms with Gasteiger partial charge in [0, 0.05) is 12.1 Å². The van der Waals surface area contributed by atoms with Crippen molar-refractivity contribution in [2.45, 2.75) is 36.7 Å². The highest BCUT2D eigenvalue weighted by Gasteiger charge is 2.13. The Morgan fingerprint density at radius 3 is 2.51 bits per heavy atom. The van der Waals surface area contributed by atoms with Gasteiger partial charge in [0.1, 0.15) is 5.75 Å². The summed E-state index contributed by atoms with van der Waals surface area (Å²) in [6, 6.07) is 22.4. The molecule has 0 saturated heterocycles. The summed E-state index contributed by atoms with van der Waals surface area (Å²) in [5.41, 5.74) is 2.03. The van der Waals surface area contributed by atoms with E-state index < -0.39 is 22.1 Å². The van der Waals surface area contributed by atoms with E-state index in [0.717, 1.165) is 11.1 Å². The Hall–Kier alpha value is -3.62. The summed E-state index contributed by atoms with van der Waals surface area (Å²) in [5, 5.41) is 19.2. The lowest BCUT2D eigenvalue weighted by atomic mass is 10.1. The number of aliphatic carboxylic acids is 1. The van der Waals surface area contributed by atoms with Crippen LogP contribution in [-0.2, 0) is 21.2 Å². The topological polar surface area (TPSA) is 113 Å². The van der Waals surface area contributed by atoms with Crippen LogP contribution in [0.2, 0.25) is 0 Å².